The summed E-state index contributed by atoms with van der Waals surface area (Å²) in [6.07, 6.45) is 8.36. The molecule has 1 unspecified atom stereocenters. The van der Waals surface area contributed by atoms with E-state index in [1.807, 2.05) is 0 Å². The van der Waals surface area contributed by atoms with Crippen LogP contribution in [-0.4, -0.2) is 24.8 Å². The zero-order chi connectivity index (χ0) is 10.7. The molecule has 0 amide bonds. The zero-order valence-electron chi connectivity index (χ0n) is 10.2. The summed E-state index contributed by atoms with van der Waals surface area (Å²) in [5.74, 6) is 0.829. The van der Waals surface area contributed by atoms with E-state index in [1.165, 1.54) is 25.7 Å². The van der Waals surface area contributed by atoms with Gasteiger partial charge in [-0.2, -0.15) is 0 Å². The molecule has 1 aliphatic carbocycles. The van der Waals surface area contributed by atoms with Crippen LogP contribution in [0.4, 0.5) is 0 Å². The van der Waals surface area contributed by atoms with Crippen molar-refractivity contribution >= 4 is 0 Å². The maximum atomic E-state index is 6.39. The normalized spacial score (nSPS) is 32.0. The molecule has 1 N–H and O–H groups in total. The fraction of sp³-hybridized carbons (Fsp3) is 1.00. The summed E-state index contributed by atoms with van der Waals surface area (Å²) in [4.78, 5) is 0. The lowest BCUT2D eigenvalue weighted by Gasteiger charge is -2.43. The highest BCUT2D eigenvalue weighted by Crippen LogP contribution is 2.34. The number of nitrogens with one attached hydrogen (secondary N) is 1. The van der Waals surface area contributed by atoms with Crippen LogP contribution in [0.5, 0.6) is 0 Å². The van der Waals surface area contributed by atoms with Gasteiger partial charge in [0.2, 0.25) is 0 Å². The van der Waals surface area contributed by atoms with E-state index >= 15 is 0 Å². The van der Waals surface area contributed by atoms with Crippen LogP contribution in [0.25, 0.3) is 0 Å². The van der Waals surface area contributed by atoms with Crippen LogP contribution >= 0.6 is 0 Å². The maximum absolute atomic E-state index is 6.39. The van der Waals surface area contributed by atoms with Gasteiger partial charge in [0, 0.05) is 13.1 Å². The van der Waals surface area contributed by atoms with Crippen molar-refractivity contribution in [1.29, 1.82) is 0 Å². The summed E-state index contributed by atoms with van der Waals surface area (Å²) in [5.41, 5.74) is 0.130. The molecule has 0 aromatic heterocycles. The Labute approximate surface area is 93.8 Å². The van der Waals surface area contributed by atoms with Crippen molar-refractivity contribution in [1.82, 2.24) is 5.32 Å². The van der Waals surface area contributed by atoms with E-state index in [0.29, 0.717) is 6.10 Å². The molecular weight excluding hydrogens is 186 g/mol. The van der Waals surface area contributed by atoms with E-state index in [0.717, 1.165) is 31.8 Å². The SMILES string of the molecule is CCC1(CC)CNCC(C2CCCC2)O1. The first kappa shape index (κ1) is 11.4. The zero-order valence-corrected chi connectivity index (χ0v) is 10.2. The predicted molar refractivity (Wildman–Crippen MR) is 63.0 cm³/mol. The van der Waals surface area contributed by atoms with Gasteiger partial charge in [-0.1, -0.05) is 26.7 Å². The van der Waals surface area contributed by atoms with Crippen LogP contribution < -0.4 is 5.32 Å². The van der Waals surface area contributed by atoms with E-state index in [1.54, 1.807) is 0 Å². The van der Waals surface area contributed by atoms with Crippen molar-refractivity contribution in [2.24, 2.45) is 5.92 Å². The molecule has 0 spiro atoms. The van der Waals surface area contributed by atoms with Crippen LogP contribution in [0, 0.1) is 5.92 Å². The van der Waals surface area contributed by atoms with E-state index in [9.17, 15) is 0 Å². The van der Waals surface area contributed by atoms with Crippen LogP contribution in [0.15, 0.2) is 0 Å². The lowest BCUT2D eigenvalue weighted by atomic mass is 9.91. The average Bonchev–Trinajstić information content (AvgIpc) is 2.82. The quantitative estimate of drug-likeness (QED) is 0.775. The molecule has 1 atom stereocenters. The lowest BCUT2D eigenvalue weighted by Crippen LogP contribution is -2.55. The summed E-state index contributed by atoms with van der Waals surface area (Å²) in [5, 5.41) is 3.58. The molecule has 2 nitrogen and oxygen atoms in total. The lowest BCUT2D eigenvalue weighted by molar-refractivity contribution is -0.138. The van der Waals surface area contributed by atoms with Crippen molar-refractivity contribution in [3.63, 3.8) is 0 Å². The van der Waals surface area contributed by atoms with Gasteiger partial charge in [-0.3, -0.25) is 0 Å². The van der Waals surface area contributed by atoms with E-state index in [2.05, 4.69) is 19.2 Å². The molecule has 1 saturated carbocycles. The highest BCUT2D eigenvalue weighted by molar-refractivity contribution is 4.90. The highest BCUT2D eigenvalue weighted by atomic mass is 16.5. The molecule has 2 fully saturated rings. The first-order chi connectivity index (χ1) is 7.29. The first-order valence-electron chi connectivity index (χ1n) is 6.68. The van der Waals surface area contributed by atoms with E-state index in [-0.39, 0.29) is 5.60 Å². The molecule has 1 aliphatic heterocycles. The van der Waals surface area contributed by atoms with Gasteiger partial charge in [0.1, 0.15) is 0 Å². The van der Waals surface area contributed by atoms with Crippen LogP contribution in [-0.2, 0) is 4.74 Å². The van der Waals surface area contributed by atoms with Crippen molar-refractivity contribution in [3.8, 4) is 0 Å². The van der Waals surface area contributed by atoms with Crippen LogP contribution in [0.1, 0.15) is 52.4 Å². The third kappa shape index (κ3) is 2.36. The average molecular weight is 211 g/mol. The Hall–Kier alpha value is -0.0800. The summed E-state index contributed by atoms with van der Waals surface area (Å²) >= 11 is 0. The third-order valence-electron chi connectivity index (χ3n) is 4.41. The minimum atomic E-state index is 0.130. The second-order valence-electron chi connectivity index (χ2n) is 5.22. The Morgan fingerprint density at radius 1 is 1.20 bits per heavy atom. The highest BCUT2D eigenvalue weighted by Gasteiger charge is 2.37. The summed E-state index contributed by atoms with van der Waals surface area (Å²) < 4.78 is 6.39. The Morgan fingerprint density at radius 2 is 1.87 bits per heavy atom. The third-order valence-corrected chi connectivity index (χ3v) is 4.41. The number of rotatable bonds is 3. The minimum absolute atomic E-state index is 0.130. The Balaban J connectivity index is 1.96. The van der Waals surface area contributed by atoms with Gasteiger partial charge in [0.25, 0.3) is 0 Å². The molecule has 88 valence electrons. The van der Waals surface area contributed by atoms with Gasteiger partial charge < -0.3 is 10.1 Å². The van der Waals surface area contributed by atoms with Crippen molar-refractivity contribution in [2.45, 2.75) is 64.1 Å². The Kier molecular flexibility index (Phi) is 3.68. The molecule has 2 aliphatic rings. The first-order valence-corrected chi connectivity index (χ1v) is 6.68. The van der Waals surface area contributed by atoms with Crippen LogP contribution in [0.2, 0.25) is 0 Å². The van der Waals surface area contributed by atoms with Gasteiger partial charge in [0.15, 0.2) is 0 Å². The molecule has 1 heterocycles. The van der Waals surface area contributed by atoms with Gasteiger partial charge in [-0.05, 0) is 31.6 Å². The topological polar surface area (TPSA) is 21.3 Å². The molecule has 0 aromatic carbocycles. The van der Waals surface area contributed by atoms with Gasteiger partial charge in [-0.15, -0.1) is 0 Å². The van der Waals surface area contributed by atoms with Crippen molar-refractivity contribution in [2.75, 3.05) is 13.1 Å². The number of ether oxygens (including phenoxy) is 1. The smallest absolute Gasteiger partial charge is 0.0805 e. The molecule has 15 heavy (non-hydrogen) atoms. The fourth-order valence-corrected chi connectivity index (χ4v) is 3.11. The Morgan fingerprint density at radius 3 is 2.47 bits per heavy atom. The predicted octanol–water partition coefficient (Wildman–Crippen LogP) is 2.72. The molecule has 2 heteroatoms. The Bertz CT molecular complexity index is 195. The number of hydrogen-bond acceptors (Lipinski definition) is 2. The standard InChI is InChI=1S/C13H25NO/c1-3-13(4-2)10-14-9-12(15-13)11-7-5-6-8-11/h11-12,14H,3-10H2,1-2H3. The van der Waals surface area contributed by atoms with E-state index < -0.39 is 0 Å². The number of hydrogen-bond donors (Lipinski definition) is 1. The van der Waals surface area contributed by atoms with Gasteiger partial charge in [0.05, 0.1) is 11.7 Å². The largest absolute Gasteiger partial charge is 0.369 e. The maximum Gasteiger partial charge on any atom is 0.0805 e. The van der Waals surface area contributed by atoms with Gasteiger partial charge >= 0.3 is 0 Å². The second-order valence-corrected chi connectivity index (χ2v) is 5.22. The summed E-state index contributed by atoms with van der Waals surface area (Å²) in [6.45, 7) is 6.63. The minimum Gasteiger partial charge on any atom is -0.369 e. The van der Waals surface area contributed by atoms with Gasteiger partial charge in [-0.25, -0.2) is 0 Å². The molecule has 2 rings (SSSR count). The summed E-state index contributed by atoms with van der Waals surface area (Å²) in [7, 11) is 0. The number of morpholine rings is 1. The van der Waals surface area contributed by atoms with Crippen molar-refractivity contribution in [3.05, 3.63) is 0 Å². The van der Waals surface area contributed by atoms with Crippen molar-refractivity contribution < 1.29 is 4.74 Å². The fourth-order valence-electron chi connectivity index (χ4n) is 3.11. The van der Waals surface area contributed by atoms with Crippen LogP contribution in [0.3, 0.4) is 0 Å². The molecule has 0 aromatic rings. The molecular formula is C13H25NO. The summed E-state index contributed by atoms with van der Waals surface area (Å²) in [6, 6.07) is 0. The van der Waals surface area contributed by atoms with E-state index in [4.69, 9.17) is 4.74 Å². The molecule has 0 radical (unpaired) electrons. The monoisotopic (exact) mass is 211 g/mol. The molecule has 0 bridgehead atoms. The molecule has 1 saturated heterocycles. The second kappa shape index (κ2) is 4.84.